The van der Waals surface area contributed by atoms with Crippen LogP contribution in [0.5, 0.6) is 0 Å². The van der Waals surface area contributed by atoms with Gasteiger partial charge >= 0.3 is 5.97 Å². The fourth-order valence-corrected chi connectivity index (χ4v) is 12.2. The van der Waals surface area contributed by atoms with Crippen LogP contribution in [0.15, 0.2) is 121 Å². The van der Waals surface area contributed by atoms with Gasteiger partial charge in [-0.15, -0.1) is 0 Å². The molecule has 246 valence electrons. The molecule has 0 aromatic heterocycles. The topological polar surface area (TPSA) is 64.6 Å². The molecule has 0 unspecified atom stereocenters. The summed E-state index contributed by atoms with van der Waals surface area (Å²) in [7, 11) is -2.92. The Balaban J connectivity index is 1.36. The third-order valence-corrected chi connectivity index (χ3v) is 15.3. The number of benzene rings is 4. The van der Waals surface area contributed by atoms with E-state index in [1.54, 1.807) is 12.1 Å². The Morgan fingerprint density at radius 1 is 0.809 bits per heavy atom. The molecule has 1 amide bonds. The molecule has 1 saturated carbocycles. The highest BCUT2D eigenvalue weighted by molar-refractivity contribution is 7.98. The summed E-state index contributed by atoms with van der Waals surface area (Å²) in [4.78, 5) is 26.5. The monoisotopic (exact) mass is 665 g/mol. The zero-order valence-corrected chi connectivity index (χ0v) is 29.6. The zero-order chi connectivity index (χ0) is 33.1. The second-order valence-electron chi connectivity index (χ2n) is 13.4. The Bertz CT molecular complexity index is 1510. The molecule has 47 heavy (non-hydrogen) atoms. The summed E-state index contributed by atoms with van der Waals surface area (Å²) in [6.45, 7) is 7.71. The number of carbonyl (C=O) groups is 2. The van der Waals surface area contributed by atoms with Crippen LogP contribution in [0.1, 0.15) is 56.0 Å². The third kappa shape index (κ3) is 8.83. The first-order valence-electron chi connectivity index (χ1n) is 16.7. The second-order valence-corrected chi connectivity index (χ2v) is 18.7. The van der Waals surface area contributed by atoms with E-state index in [-0.39, 0.29) is 41.3 Å². The van der Waals surface area contributed by atoms with Crippen molar-refractivity contribution in [1.29, 1.82) is 0 Å². The van der Waals surface area contributed by atoms with E-state index in [1.807, 2.05) is 48.2 Å². The number of rotatable bonds is 15. The van der Waals surface area contributed by atoms with Gasteiger partial charge in [0.15, 0.2) is 0 Å². The molecule has 7 heteroatoms. The van der Waals surface area contributed by atoms with Gasteiger partial charge in [0.05, 0.1) is 24.7 Å². The lowest BCUT2D eigenvalue weighted by atomic mass is 9.70. The minimum absolute atomic E-state index is 0.000161. The Morgan fingerprint density at radius 2 is 1.36 bits per heavy atom. The van der Waals surface area contributed by atoms with E-state index in [0.717, 1.165) is 24.3 Å². The van der Waals surface area contributed by atoms with Gasteiger partial charge in [-0.3, -0.25) is 4.79 Å². The van der Waals surface area contributed by atoms with E-state index in [0.29, 0.717) is 18.7 Å². The quantitative estimate of drug-likeness (QED) is 0.0824. The van der Waals surface area contributed by atoms with E-state index in [9.17, 15) is 9.59 Å². The molecule has 0 spiro atoms. The zero-order valence-electron chi connectivity index (χ0n) is 27.8. The summed E-state index contributed by atoms with van der Waals surface area (Å²) < 4.78 is 13.4. The van der Waals surface area contributed by atoms with E-state index in [1.165, 1.54) is 15.9 Å². The van der Waals surface area contributed by atoms with Crippen LogP contribution < -0.4 is 15.7 Å². The first kappa shape index (κ1) is 34.7. The number of carbonyl (C=O) groups excluding carboxylic acids is 2. The smallest absolute Gasteiger partial charge is 0.338 e. The van der Waals surface area contributed by atoms with Crippen LogP contribution in [0, 0.1) is 11.8 Å². The van der Waals surface area contributed by atoms with Crippen molar-refractivity contribution in [2.24, 2.45) is 11.8 Å². The molecule has 1 aliphatic rings. The highest BCUT2D eigenvalue weighted by Crippen LogP contribution is 2.44. The van der Waals surface area contributed by atoms with Gasteiger partial charge in [0.2, 0.25) is 5.91 Å². The SMILES string of the molecule is CC(C)(C)[Si](O[C@H](CC(=O)NCCSCc1ccccc1)[C@@H]1CC[C@H]1COC(=O)c1ccccc1)(c1ccccc1)c1ccccc1. The summed E-state index contributed by atoms with van der Waals surface area (Å²) in [5, 5.41) is 5.33. The Morgan fingerprint density at radius 3 is 1.89 bits per heavy atom. The van der Waals surface area contributed by atoms with Crippen LogP contribution in [0.3, 0.4) is 0 Å². The van der Waals surface area contributed by atoms with Crippen molar-refractivity contribution in [1.82, 2.24) is 5.32 Å². The van der Waals surface area contributed by atoms with Gasteiger partial charge in [-0.2, -0.15) is 11.8 Å². The van der Waals surface area contributed by atoms with Crippen LogP contribution in [0.2, 0.25) is 5.04 Å². The first-order chi connectivity index (χ1) is 22.8. The lowest BCUT2D eigenvalue weighted by molar-refractivity contribution is -0.124. The Kier molecular flexibility index (Phi) is 12.1. The van der Waals surface area contributed by atoms with Gasteiger partial charge in [-0.25, -0.2) is 4.79 Å². The fourth-order valence-electron chi connectivity index (χ4n) is 6.61. The standard InChI is InChI=1S/C40H47NO4SSi/c1-40(2,3)47(34-20-12-6-13-21-34,35-22-14-7-15-23-35)45-37(28-38(42)41-26-27-46-30-31-16-8-4-9-17-31)36-25-24-33(36)29-44-39(43)32-18-10-5-11-19-32/h4-23,33,36-37H,24-30H2,1-3H3,(H,41,42)/t33-,36+,37+/m0/s1. The average molecular weight is 666 g/mol. The molecule has 1 fully saturated rings. The van der Waals surface area contributed by atoms with Gasteiger partial charge in [-0.1, -0.05) is 130 Å². The van der Waals surface area contributed by atoms with Crippen LogP contribution >= 0.6 is 11.8 Å². The molecule has 3 atom stereocenters. The molecule has 4 aromatic carbocycles. The molecule has 0 bridgehead atoms. The van der Waals surface area contributed by atoms with E-state index < -0.39 is 8.32 Å². The van der Waals surface area contributed by atoms with Gasteiger partial charge in [-0.05, 0) is 57.8 Å². The lowest BCUT2D eigenvalue weighted by Gasteiger charge is -2.49. The average Bonchev–Trinajstić information content (AvgIpc) is 3.07. The van der Waals surface area contributed by atoms with Gasteiger partial charge in [0.25, 0.3) is 8.32 Å². The minimum atomic E-state index is -2.92. The number of hydrogen-bond acceptors (Lipinski definition) is 5. The van der Waals surface area contributed by atoms with Gasteiger partial charge < -0.3 is 14.5 Å². The number of thioether (sulfide) groups is 1. The molecule has 5 rings (SSSR count). The number of nitrogens with one attached hydrogen (secondary N) is 1. The van der Waals surface area contributed by atoms with Crippen molar-refractivity contribution >= 4 is 42.3 Å². The highest BCUT2D eigenvalue weighted by atomic mass is 32.2. The van der Waals surface area contributed by atoms with Crippen molar-refractivity contribution in [3.05, 3.63) is 132 Å². The summed E-state index contributed by atoms with van der Waals surface area (Å²) in [5.41, 5.74) is 1.83. The number of hydrogen-bond donors (Lipinski definition) is 1. The normalized spacial score (nSPS) is 16.9. The molecular weight excluding hydrogens is 619 g/mol. The molecule has 0 saturated heterocycles. The maximum atomic E-state index is 13.6. The van der Waals surface area contributed by atoms with E-state index in [2.05, 4.69) is 98.9 Å². The maximum absolute atomic E-state index is 13.6. The molecule has 4 aromatic rings. The van der Waals surface area contributed by atoms with Crippen molar-refractivity contribution in [2.75, 3.05) is 18.9 Å². The lowest BCUT2D eigenvalue weighted by Crippen LogP contribution is -2.68. The second kappa shape index (κ2) is 16.4. The third-order valence-electron chi connectivity index (χ3n) is 9.20. The summed E-state index contributed by atoms with van der Waals surface area (Å²) in [6.07, 6.45) is 1.80. The van der Waals surface area contributed by atoms with Gasteiger partial charge in [0, 0.05) is 18.1 Å². The molecule has 1 N–H and O–H groups in total. The van der Waals surface area contributed by atoms with E-state index in [4.69, 9.17) is 9.16 Å². The van der Waals surface area contributed by atoms with E-state index >= 15 is 0 Å². The predicted octanol–water partition coefficient (Wildman–Crippen LogP) is 7.25. The van der Waals surface area contributed by atoms with Gasteiger partial charge in [0.1, 0.15) is 0 Å². The minimum Gasteiger partial charge on any atom is -0.462 e. The molecular formula is C40H47NO4SSi. The molecule has 1 aliphatic carbocycles. The summed E-state index contributed by atoms with van der Waals surface area (Å²) >= 11 is 1.82. The van der Waals surface area contributed by atoms with Crippen molar-refractivity contribution in [3.63, 3.8) is 0 Å². The summed E-state index contributed by atoms with van der Waals surface area (Å²) in [5.74, 6) is 1.66. The first-order valence-corrected chi connectivity index (χ1v) is 19.7. The Hall–Kier alpha value is -3.65. The number of esters is 1. The fraction of sp³-hybridized carbons (Fsp3) is 0.350. The largest absolute Gasteiger partial charge is 0.462 e. The Labute approximate surface area is 285 Å². The number of ether oxygens (including phenoxy) is 1. The van der Waals surface area contributed by atoms with Crippen LogP contribution in [-0.2, 0) is 19.7 Å². The molecule has 0 heterocycles. The molecule has 0 aliphatic heterocycles. The number of amides is 1. The highest BCUT2D eigenvalue weighted by Gasteiger charge is 2.53. The maximum Gasteiger partial charge on any atom is 0.338 e. The molecule has 5 nitrogen and oxygen atoms in total. The predicted molar refractivity (Wildman–Crippen MR) is 196 cm³/mol. The van der Waals surface area contributed by atoms with Crippen molar-refractivity contribution in [3.8, 4) is 0 Å². The van der Waals surface area contributed by atoms with Crippen molar-refractivity contribution < 1.29 is 18.8 Å². The molecule has 0 radical (unpaired) electrons. The van der Waals surface area contributed by atoms with Crippen LogP contribution in [-0.4, -0.2) is 45.2 Å². The van der Waals surface area contributed by atoms with Crippen LogP contribution in [0.25, 0.3) is 0 Å². The summed E-state index contributed by atoms with van der Waals surface area (Å²) in [6, 6.07) is 40.7. The van der Waals surface area contributed by atoms with Crippen molar-refractivity contribution in [2.45, 2.75) is 56.9 Å². The van der Waals surface area contributed by atoms with Crippen LogP contribution in [0.4, 0.5) is 0 Å².